The Morgan fingerprint density at radius 1 is 1.50 bits per heavy atom. The fourth-order valence-electron chi connectivity index (χ4n) is 1.08. The van der Waals surface area contributed by atoms with Crippen molar-refractivity contribution in [3.63, 3.8) is 0 Å². The van der Waals surface area contributed by atoms with Gasteiger partial charge in [-0.25, -0.2) is 0 Å². The van der Waals surface area contributed by atoms with Gasteiger partial charge in [0.1, 0.15) is 5.78 Å². The second kappa shape index (κ2) is 7.29. The van der Waals surface area contributed by atoms with E-state index in [4.69, 9.17) is 4.74 Å². The Kier molecular flexibility index (Phi) is 7.06. The van der Waals surface area contributed by atoms with Crippen molar-refractivity contribution < 1.29 is 9.53 Å². The highest BCUT2D eigenvalue weighted by atomic mass is 16.5. The molecule has 0 N–H and O–H groups in total. The van der Waals surface area contributed by atoms with E-state index >= 15 is 0 Å². The third kappa shape index (κ3) is 7.73. The fourth-order valence-corrected chi connectivity index (χ4v) is 1.08. The quantitative estimate of drug-likeness (QED) is 0.551. The van der Waals surface area contributed by atoms with E-state index in [-0.39, 0.29) is 5.78 Å². The predicted molar refractivity (Wildman–Crippen MR) is 50.2 cm³/mol. The average Bonchev–Trinajstić information content (AvgIpc) is 1.98. The van der Waals surface area contributed by atoms with Gasteiger partial charge in [-0.05, 0) is 19.3 Å². The normalized spacial score (nSPS) is 12.9. The summed E-state index contributed by atoms with van der Waals surface area (Å²) in [4.78, 5) is 10.5. The summed E-state index contributed by atoms with van der Waals surface area (Å²) in [6.45, 7) is 7.33. The van der Waals surface area contributed by atoms with Crippen LogP contribution < -0.4 is 0 Å². The van der Waals surface area contributed by atoms with Crippen molar-refractivity contribution in [2.75, 3.05) is 13.2 Å². The minimum Gasteiger partial charge on any atom is -0.381 e. The van der Waals surface area contributed by atoms with Crippen molar-refractivity contribution >= 4 is 5.78 Å². The maximum absolute atomic E-state index is 10.5. The Labute approximate surface area is 75.3 Å². The van der Waals surface area contributed by atoms with Gasteiger partial charge in [0.25, 0.3) is 0 Å². The van der Waals surface area contributed by atoms with Gasteiger partial charge in [-0.1, -0.05) is 20.3 Å². The first-order chi connectivity index (χ1) is 5.66. The number of ketones is 1. The van der Waals surface area contributed by atoms with E-state index in [9.17, 15) is 4.79 Å². The molecular weight excluding hydrogens is 152 g/mol. The van der Waals surface area contributed by atoms with Gasteiger partial charge in [-0.2, -0.15) is 0 Å². The lowest BCUT2D eigenvalue weighted by atomic mass is 10.1. The third-order valence-electron chi connectivity index (χ3n) is 1.78. The van der Waals surface area contributed by atoms with E-state index in [0.29, 0.717) is 18.9 Å². The molecule has 0 amide bonds. The molecule has 0 aliphatic heterocycles. The standard InChI is InChI=1S/C10H20O2/c1-4-5-9(2)8-12-7-6-10(3)11/h9H,4-8H2,1-3H3. The number of rotatable bonds is 7. The van der Waals surface area contributed by atoms with E-state index in [2.05, 4.69) is 13.8 Å². The van der Waals surface area contributed by atoms with Crippen molar-refractivity contribution in [2.24, 2.45) is 5.92 Å². The molecule has 0 saturated carbocycles. The van der Waals surface area contributed by atoms with E-state index in [1.807, 2.05) is 0 Å². The van der Waals surface area contributed by atoms with Crippen LogP contribution in [-0.2, 0) is 9.53 Å². The van der Waals surface area contributed by atoms with Gasteiger partial charge in [0.2, 0.25) is 0 Å². The molecule has 0 fully saturated rings. The molecule has 0 radical (unpaired) electrons. The summed E-state index contributed by atoms with van der Waals surface area (Å²) in [5, 5.41) is 0. The molecule has 0 aliphatic carbocycles. The number of hydrogen-bond donors (Lipinski definition) is 0. The summed E-state index contributed by atoms with van der Waals surface area (Å²) >= 11 is 0. The van der Waals surface area contributed by atoms with Crippen LogP contribution in [0.25, 0.3) is 0 Å². The number of ether oxygens (including phenoxy) is 1. The van der Waals surface area contributed by atoms with E-state index in [0.717, 1.165) is 6.61 Å². The summed E-state index contributed by atoms with van der Waals surface area (Å²) in [7, 11) is 0. The molecule has 0 aromatic carbocycles. The van der Waals surface area contributed by atoms with Crippen LogP contribution in [0.5, 0.6) is 0 Å². The number of carbonyl (C=O) groups is 1. The lowest BCUT2D eigenvalue weighted by Crippen LogP contribution is -2.08. The predicted octanol–water partition coefficient (Wildman–Crippen LogP) is 2.42. The van der Waals surface area contributed by atoms with Crippen LogP contribution in [0.15, 0.2) is 0 Å². The Hall–Kier alpha value is -0.370. The maximum atomic E-state index is 10.5. The van der Waals surface area contributed by atoms with Gasteiger partial charge in [-0.3, -0.25) is 4.79 Å². The summed E-state index contributed by atoms with van der Waals surface area (Å²) in [6, 6.07) is 0. The number of Topliss-reactive ketones (excluding diaryl/α,β-unsaturated/α-hetero) is 1. The monoisotopic (exact) mass is 172 g/mol. The minimum atomic E-state index is 0.207. The SMILES string of the molecule is CCCC(C)COCCC(C)=O. The largest absolute Gasteiger partial charge is 0.381 e. The van der Waals surface area contributed by atoms with Crippen LogP contribution in [0.2, 0.25) is 0 Å². The first-order valence-corrected chi connectivity index (χ1v) is 4.74. The summed E-state index contributed by atoms with van der Waals surface area (Å²) in [5.41, 5.74) is 0. The second-order valence-electron chi connectivity index (χ2n) is 3.42. The van der Waals surface area contributed by atoms with Gasteiger partial charge in [0.05, 0.1) is 6.61 Å². The van der Waals surface area contributed by atoms with Crippen molar-refractivity contribution in [2.45, 2.75) is 40.0 Å². The van der Waals surface area contributed by atoms with Crippen molar-refractivity contribution in [3.05, 3.63) is 0 Å². The van der Waals surface area contributed by atoms with Crippen LogP contribution in [0, 0.1) is 5.92 Å². The molecule has 0 spiro atoms. The molecule has 0 aromatic rings. The summed E-state index contributed by atoms with van der Waals surface area (Å²) < 4.78 is 5.34. The van der Waals surface area contributed by atoms with Crippen molar-refractivity contribution in [3.8, 4) is 0 Å². The Morgan fingerprint density at radius 3 is 2.67 bits per heavy atom. The molecule has 2 heteroatoms. The van der Waals surface area contributed by atoms with E-state index < -0.39 is 0 Å². The summed E-state index contributed by atoms with van der Waals surface area (Å²) in [5.74, 6) is 0.833. The van der Waals surface area contributed by atoms with E-state index in [1.165, 1.54) is 12.8 Å². The van der Waals surface area contributed by atoms with Gasteiger partial charge >= 0.3 is 0 Å². The number of carbonyl (C=O) groups excluding carboxylic acids is 1. The average molecular weight is 172 g/mol. The first kappa shape index (κ1) is 11.6. The van der Waals surface area contributed by atoms with Crippen molar-refractivity contribution in [1.82, 2.24) is 0 Å². The molecule has 0 saturated heterocycles. The van der Waals surface area contributed by atoms with Gasteiger partial charge in [0, 0.05) is 13.0 Å². The van der Waals surface area contributed by atoms with Crippen LogP contribution >= 0.6 is 0 Å². The third-order valence-corrected chi connectivity index (χ3v) is 1.78. The first-order valence-electron chi connectivity index (χ1n) is 4.74. The van der Waals surface area contributed by atoms with E-state index in [1.54, 1.807) is 6.92 Å². The molecule has 0 aromatic heterocycles. The van der Waals surface area contributed by atoms with Crippen LogP contribution in [0.4, 0.5) is 0 Å². The zero-order valence-corrected chi connectivity index (χ0v) is 8.43. The molecule has 12 heavy (non-hydrogen) atoms. The lowest BCUT2D eigenvalue weighted by molar-refractivity contribution is -0.118. The Balaban J connectivity index is 3.13. The highest BCUT2D eigenvalue weighted by Crippen LogP contribution is 2.04. The highest BCUT2D eigenvalue weighted by Gasteiger charge is 2.00. The molecule has 0 heterocycles. The topological polar surface area (TPSA) is 26.3 Å². The van der Waals surface area contributed by atoms with Gasteiger partial charge < -0.3 is 4.74 Å². The Bertz CT molecular complexity index is 121. The summed E-state index contributed by atoms with van der Waals surface area (Å²) in [6.07, 6.45) is 2.97. The zero-order valence-electron chi connectivity index (χ0n) is 8.43. The Morgan fingerprint density at radius 2 is 2.17 bits per heavy atom. The minimum absolute atomic E-state index is 0.207. The molecule has 0 aliphatic rings. The smallest absolute Gasteiger partial charge is 0.132 e. The molecule has 72 valence electrons. The van der Waals surface area contributed by atoms with Gasteiger partial charge in [0.15, 0.2) is 0 Å². The molecule has 1 atom stereocenters. The van der Waals surface area contributed by atoms with Crippen LogP contribution in [0.3, 0.4) is 0 Å². The fraction of sp³-hybridized carbons (Fsp3) is 0.900. The highest BCUT2D eigenvalue weighted by molar-refractivity contribution is 5.75. The molecule has 2 nitrogen and oxygen atoms in total. The van der Waals surface area contributed by atoms with Crippen LogP contribution in [-0.4, -0.2) is 19.0 Å². The molecule has 0 bridgehead atoms. The van der Waals surface area contributed by atoms with Gasteiger partial charge in [-0.15, -0.1) is 0 Å². The lowest BCUT2D eigenvalue weighted by Gasteiger charge is -2.09. The molecule has 1 unspecified atom stereocenters. The van der Waals surface area contributed by atoms with Crippen LogP contribution in [0.1, 0.15) is 40.0 Å². The second-order valence-corrected chi connectivity index (χ2v) is 3.42. The van der Waals surface area contributed by atoms with Crippen molar-refractivity contribution in [1.29, 1.82) is 0 Å². The molecule has 0 rings (SSSR count). The molecular formula is C10H20O2. The zero-order chi connectivity index (χ0) is 9.40. The maximum Gasteiger partial charge on any atom is 0.132 e. The number of hydrogen-bond acceptors (Lipinski definition) is 2.